The zero-order valence-corrected chi connectivity index (χ0v) is 15.1. The second kappa shape index (κ2) is 8.59. The Hall–Kier alpha value is -0.810. The van der Waals surface area contributed by atoms with Gasteiger partial charge in [0.25, 0.3) is 0 Å². The Morgan fingerprint density at radius 2 is 1.71 bits per heavy atom. The summed E-state index contributed by atoms with van der Waals surface area (Å²) in [6.07, 6.45) is 0.675. The molecule has 5 nitrogen and oxygen atoms in total. The third-order valence-corrected chi connectivity index (χ3v) is 3.24. The van der Waals surface area contributed by atoms with Gasteiger partial charge in [0.15, 0.2) is 0 Å². The fourth-order valence-corrected chi connectivity index (χ4v) is 1.70. The van der Waals surface area contributed by atoms with E-state index in [9.17, 15) is 4.79 Å². The Bertz CT molecular complexity index is 309. The first kappa shape index (κ1) is 20.2. The van der Waals surface area contributed by atoms with Crippen molar-refractivity contribution in [2.24, 2.45) is 0 Å². The van der Waals surface area contributed by atoms with Crippen LogP contribution in [-0.4, -0.2) is 55.0 Å². The molecule has 1 N–H and O–H groups in total. The molecule has 5 heteroatoms. The highest BCUT2D eigenvalue weighted by Crippen LogP contribution is 2.12. The summed E-state index contributed by atoms with van der Waals surface area (Å²) < 4.78 is 10.8. The predicted octanol–water partition coefficient (Wildman–Crippen LogP) is 3.04. The van der Waals surface area contributed by atoms with Crippen LogP contribution >= 0.6 is 0 Å². The fourth-order valence-electron chi connectivity index (χ4n) is 1.70. The molecule has 1 amide bonds. The van der Waals surface area contributed by atoms with Gasteiger partial charge in [-0.25, -0.2) is 4.79 Å². The molecule has 0 aliphatic heterocycles. The van der Waals surface area contributed by atoms with Crippen LogP contribution in [0.4, 0.5) is 4.79 Å². The van der Waals surface area contributed by atoms with E-state index < -0.39 is 5.60 Å². The van der Waals surface area contributed by atoms with E-state index in [2.05, 4.69) is 19.2 Å². The molecule has 0 bridgehead atoms. The Kier molecular flexibility index (Phi) is 8.26. The summed E-state index contributed by atoms with van der Waals surface area (Å²) in [5.74, 6) is 0. The van der Waals surface area contributed by atoms with Gasteiger partial charge in [-0.3, -0.25) is 0 Å². The van der Waals surface area contributed by atoms with E-state index in [4.69, 9.17) is 9.47 Å². The van der Waals surface area contributed by atoms with Gasteiger partial charge < -0.3 is 19.7 Å². The van der Waals surface area contributed by atoms with E-state index in [0.29, 0.717) is 6.54 Å². The second-order valence-corrected chi connectivity index (χ2v) is 7.23. The molecule has 126 valence electrons. The van der Waals surface area contributed by atoms with Crippen LogP contribution < -0.4 is 5.32 Å². The molecule has 0 aliphatic carbocycles. The molecular weight excluding hydrogens is 268 g/mol. The molecule has 0 aliphatic rings. The number of carbonyl (C=O) groups excluding carboxylic acids is 1. The Morgan fingerprint density at radius 3 is 2.14 bits per heavy atom. The van der Waals surface area contributed by atoms with Crippen LogP contribution in [0.15, 0.2) is 0 Å². The van der Waals surface area contributed by atoms with E-state index in [1.165, 1.54) is 0 Å². The van der Waals surface area contributed by atoms with Crippen molar-refractivity contribution < 1.29 is 14.3 Å². The van der Waals surface area contributed by atoms with Crippen molar-refractivity contribution in [1.82, 2.24) is 10.2 Å². The summed E-state index contributed by atoms with van der Waals surface area (Å²) in [5.41, 5.74) is -0.573. The third kappa shape index (κ3) is 9.69. The van der Waals surface area contributed by atoms with E-state index in [-0.39, 0.29) is 17.7 Å². The van der Waals surface area contributed by atoms with Gasteiger partial charge in [-0.1, -0.05) is 0 Å². The summed E-state index contributed by atoms with van der Waals surface area (Å²) in [6.45, 7) is 16.0. The molecule has 0 radical (unpaired) electrons. The largest absolute Gasteiger partial charge is 0.444 e. The first-order valence-electron chi connectivity index (χ1n) is 7.74. The number of amides is 1. The van der Waals surface area contributed by atoms with Gasteiger partial charge in [0.2, 0.25) is 0 Å². The standard InChI is InChI=1S/C16H34N2O3/c1-13(2)18(14(19)21-15(3,4)5)12-11-17-10-9-16(6,7)20-8/h13,17H,9-12H2,1-8H3. The van der Waals surface area contributed by atoms with Crippen molar-refractivity contribution in [1.29, 1.82) is 0 Å². The van der Waals surface area contributed by atoms with Crippen molar-refractivity contribution in [3.63, 3.8) is 0 Å². The van der Waals surface area contributed by atoms with Gasteiger partial charge >= 0.3 is 6.09 Å². The molecular formula is C16H34N2O3. The minimum absolute atomic E-state index is 0.115. The lowest BCUT2D eigenvalue weighted by Gasteiger charge is -2.30. The second-order valence-electron chi connectivity index (χ2n) is 7.23. The topological polar surface area (TPSA) is 50.8 Å². The molecule has 0 atom stereocenters. The van der Waals surface area contributed by atoms with Crippen molar-refractivity contribution in [2.75, 3.05) is 26.7 Å². The van der Waals surface area contributed by atoms with Crippen molar-refractivity contribution in [2.45, 2.75) is 72.1 Å². The number of carbonyl (C=O) groups is 1. The third-order valence-electron chi connectivity index (χ3n) is 3.24. The monoisotopic (exact) mass is 302 g/mol. The number of hydrogen-bond acceptors (Lipinski definition) is 4. The molecule has 21 heavy (non-hydrogen) atoms. The number of ether oxygens (including phenoxy) is 2. The maximum atomic E-state index is 12.1. The van der Waals surface area contributed by atoms with Gasteiger partial charge in [0, 0.05) is 26.2 Å². The van der Waals surface area contributed by atoms with Crippen LogP contribution in [0.25, 0.3) is 0 Å². The smallest absolute Gasteiger partial charge is 0.410 e. The highest BCUT2D eigenvalue weighted by Gasteiger charge is 2.23. The van der Waals surface area contributed by atoms with Crippen LogP contribution in [0.2, 0.25) is 0 Å². The summed E-state index contributed by atoms with van der Waals surface area (Å²) >= 11 is 0. The van der Waals surface area contributed by atoms with Gasteiger partial charge in [-0.2, -0.15) is 0 Å². The van der Waals surface area contributed by atoms with Gasteiger partial charge in [0.05, 0.1) is 5.60 Å². The maximum absolute atomic E-state index is 12.1. The lowest BCUT2D eigenvalue weighted by molar-refractivity contribution is 0.0138. The van der Waals surface area contributed by atoms with E-state index in [0.717, 1.165) is 19.5 Å². The zero-order valence-electron chi connectivity index (χ0n) is 15.1. The first-order chi connectivity index (χ1) is 9.48. The average molecular weight is 302 g/mol. The number of hydrogen-bond donors (Lipinski definition) is 1. The fraction of sp³-hybridized carbons (Fsp3) is 0.938. The SMILES string of the molecule is COC(C)(C)CCNCCN(C(=O)OC(C)(C)C)C(C)C. The number of rotatable bonds is 8. The van der Waals surface area contributed by atoms with Gasteiger partial charge in [0.1, 0.15) is 5.60 Å². The molecule has 0 rings (SSSR count). The lowest BCUT2D eigenvalue weighted by atomic mass is 10.1. The normalized spacial score (nSPS) is 12.6. The number of nitrogens with zero attached hydrogens (tertiary/aromatic N) is 1. The molecule has 0 fully saturated rings. The minimum Gasteiger partial charge on any atom is -0.444 e. The Morgan fingerprint density at radius 1 is 1.14 bits per heavy atom. The minimum atomic E-state index is -0.458. The lowest BCUT2D eigenvalue weighted by Crippen LogP contribution is -2.44. The van der Waals surface area contributed by atoms with Crippen LogP contribution in [0, 0.1) is 0 Å². The number of nitrogens with one attached hydrogen (secondary N) is 1. The number of methoxy groups -OCH3 is 1. The Labute approximate surface area is 130 Å². The summed E-state index contributed by atoms with van der Waals surface area (Å²) in [5, 5.41) is 3.35. The highest BCUT2D eigenvalue weighted by atomic mass is 16.6. The highest BCUT2D eigenvalue weighted by molar-refractivity contribution is 5.68. The quantitative estimate of drug-likeness (QED) is 0.700. The molecule has 0 spiro atoms. The molecule has 0 aromatic rings. The zero-order chi connectivity index (χ0) is 16.7. The molecule has 0 aromatic carbocycles. The van der Waals surface area contributed by atoms with E-state index >= 15 is 0 Å². The van der Waals surface area contributed by atoms with Crippen molar-refractivity contribution in [3.05, 3.63) is 0 Å². The van der Waals surface area contributed by atoms with Gasteiger partial charge in [-0.05, 0) is 61.4 Å². The maximum Gasteiger partial charge on any atom is 0.410 e. The van der Waals surface area contributed by atoms with Crippen LogP contribution in [0.5, 0.6) is 0 Å². The van der Waals surface area contributed by atoms with Crippen LogP contribution in [-0.2, 0) is 9.47 Å². The van der Waals surface area contributed by atoms with Crippen molar-refractivity contribution in [3.8, 4) is 0 Å². The summed E-state index contributed by atoms with van der Waals surface area (Å²) in [4.78, 5) is 13.9. The molecule has 0 saturated heterocycles. The predicted molar refractivity (Wildman–Crippen MR) is 86.7 cm³/mol. The molecule has 0 heterocycles. The van der Waals surface area contributed by atoms with Gasteiger partial charge in [-0.15, -0.1) is 0 Å². The molecule has 0 unspecified atom stereocenters. The summed E-state index contributed by atoms with van der Waals surface area (Å²) in [6, 6.07) is 0.122. The van der Waals surface area contributed by atoms with Crippen molar-refractivity contribution >= 4 is 6.09 Å². The summed E-state index contributed by atoms with van der Waals surface area (Å²) in [7, 11) is 1.73. The van der Waals surface area contributed by atoms with E-state index in [1.54, 1.807) is 12.0 Å². The first-order valence-corrected chi connectivity index (χ1v) is 7.74. The van der Waals surface area contributed by atoms with Crippen LogP contribution in [0.3, 0.4) is 0 Å². The Balaban J connectivity index is 4.15. The van der Waals surface area contributed by atoms with E-state index in [1.807, 2.05) is 34.6 Å². The molecule has 0 aromatic heterocycles. The van der Waals surface area contributed by atoms with Crippen LogP contribution in [0.1, 0.15) is 54.9 Å². The molecule has 0 saturated carbocycles. The average Bonchev–Trinajstić information content (AvgIpc) is 2.30.